The van der Waals surface area contributed by atoms with Crippen LogP contribution >= 0.6 is 11.8 Å². The first-order valence-corrected chi connectivity index (χ1v) is 8.70. The topological polar surface area (TPSA) is 33.2 Å². The number of carbonyl (C=O) groups excluding carboxylic acids is 1. The van der Waals surface area contributed by atoms with E-state index >= 15 is 0 Å². The number of aromatic nitrogens is 1. The lowest BCUT2D eigenvalue weighted by Gasteiger charge is -2.23. The van der Waals surface area contributed by atoms with Gasteiger partial charge in [0.2, 0.25) is 0 Å². The molecule has 0 fully saturated rings. The molecule has 0 spiro atoms. The number of nitrogens with zero attached hydrogens (tertiary/aromatic N) is 2. The van der Waals surface area contributed by atoms with E-state index < -0.39 is 0 Å². The van der Waals surface area contributed by atoms with Gasteiger partial charge in [-0.3, -0.25) is 9.78 Å². The Hall–Kier alpha value is -2.33. The van der Waals surface area contributed by atoms with Gasteiger partial charge in [0.15, 0.2) is 0 Å². The summed E-state index contributed by atoms with van der Waals surface area (Å²) in [5, 5.41) is 0.911. The van der Waals surface area contributed by atoms with Crippen molar-refractivity contribution in [3.63, 3.8) is 0 Å². The Morgan fingerprint density at radius 3 is 2.83 bits per heavy atom. The number of para-hydroxylation sites is 2. The fourth-order valence-corrected chi connectivity index (χ4v) is 3.96. The fourth-order valence-electron chi connectivity index (χ4n) is 2.97. The molecule has 114 valence electrons. The van der Waals surface area contributed by atoms with E-state index in [0.717, 1.165) is 40.9 Å². The Bertz CT molecular complexity index is 873. The monoisotopic (exact) mass is 320 g/mol. The lowest BCUT2D eigenvalue weighted by Crippen LogP contribution is -2.32. The number of fused-ring (bicyclic) bond motifs is 2. The number of hydrogen-bond donors (Lipinski definition) is 0. The van der Waals surface area contributed by atoms with Gasteiger partial charge in [0, 0.05) is 23.0 Å². The maximum atomic E-state index is 13.2. The van der Waals surface area contributed by atoms with Gasteiger partial charge in [0.25, 0.3) is 5.91 Å². The number of thioether (sulfide) groups is 1. The van der Waals surface area contributed by atoms with Crippen molar-refractivity contribution in [1.82, 2.24) is 4.98 Å². The van der Waals surface area contributed by atoms with Crippen LogP contribution in [0.15, 0.2) is 65.7 Å². The van der Waals surface area contributed by atoms with Crippen LogP contribution in [-0.2, 0) is 0 Å². The van der Waals surface area contributed by atoms with Crippen LogP contribution in [0.2, 0.25) is 0 Å². The van der Waals surface area contributed by atoms with Gasteiger partial charge in [0.05, 0.1) is 16.8 Å². The van der Waals surface area contributed by atoms with Crippen LogP contribution in [0.5, 0.6) is 0 Å². The van der Waals surface area contributed by atoms with Crippen LogP contribution in [0, 0.1) is 0 Å². The van der Waals surface area contributed by atoms with Crippen LogP contribution in [-0.4, -0.2) is 23.2 Å². The minimum atomic E-state index is 0.0542. The third kappa shape index (κ3) is 2.59. The Balaban J connectivity index is 1.82. The average Bonchev–Trinajstić information content (AvgIpc) is 2.83. The fraction of sp³-hybridized carbons (Fsp3) is 0.158. The maximum absolute atomic E-state index is 13.2. The summed E-state index contributed by atoms with van der Waals surface area (Å²) < 4.78 is 0. The first-order valence-electron chi connectivity index (χ1n) is 7.72. The number of carbonyl (C=O) groups is 1. The van der Waals surface area contributed by atoms with Crippen molar-refractivity contribution in [3.05, 3.63) is 66.4 Å². The first kappa shape index (κ1) is 14.3. The van der Waals surface area contributed by atoms with E-state index in [1.807, 2.05) is 65.2 Å². The summed E-state index contributed by atoms with van der Waals surface area (Å²) in [7, 11) is 0. The molecule has 1 aliphatic heterocycles. The molecule has 1 amide bonds. The lowest BCUT2D eigenvalue weighted by atomic mass is 10.1. The zero-order valence-electron chi connectivity index (χ0n) is 12.6. The van der Waals surface area contributed by atoms with Crippen LogP contribution in [0.25, 0.3) is 10.9 Å². The zero-order valence-corrected chi connectivity index (χ0v) is 13.4. The molecular weight excluding hydrogens is 304 g/mol. The summed E-state index contributed by atoms with van der Waals surface area (Å²) in [4.78, 5) is 20.7. The molecule has 0 N–H and O–H groups in total. The van der Waals surface area contributed by atoms with E-state index in [1.54, 1.807) is 6.20 Å². The molecule has 0 atom stereocenters. The number of hydrogen-bond acceptors (Lipinski definition) is 3. The number of rotatable bonds is 1. The van der Waals surface area contributed by atoms with Gasteiger partial charge in [-0.2, -0.15) is 0 Å². The molecule has 1 aliphatic rings. The second-order valence-corrected chi connectivity index (χ2v) is 6.64. The molecule has 4 rings (SSSR count). The molecule has 3 aromatic rings. The van der Waals surface area contributed by atoms with E-state index in [1.165, 1.54) is 4.90 Å². The van der Waals surface area contributed by atoms with Crippen molar-refractivity contribution < 1.29 is 4.79 Å². The van der Waals surface area contributed by atoms with E-state index in [-0.39, 0.29) is 5.91 Å². The Labute approximate surface area is 139 Å². The zero-order chi connectivity index (χ0) is 15.6. The molecule has 0 saturated heterocycles. The molecule has 3 nitrogen and oxygen atoms in total. The summed E-state index contributed by atoms with van der Waals surface area (Å²) in [6, 6.07) is 17.8. The standard InChI is InChI=1S/C19H16N2OS/c22-19(15-10-11-20-16-7-2-1-6-14(15)16)21-12-5-13-23-18-9-4-3-8-17(18)21/h1-4,6-11H,5,12-13H2. The van der Waals surface area contributed by atoms with E-state index in [4.69, 9.17) is 0 Å². The largest absolute Gasteiger partial charge is 0.307 e. The van der Waals surface area contributed by atoms with Crippen molar-refractivity contribution in [2.24, 2.45) is 0 Å². The predicted molar refractivity (Wildman–Crippen MR) is 95.2 cm³/mol. The molecule has 2 heterocycles. The number of anilines is 1. The third-order valence-electron chi connectivity index (χ3n) is 4.06. The predicted octanol–water partition coefficient (Wildman–Crippen LogP) is 4.38. The molecule has 23 heavy (non-hydrogen) atoms. The summed E-state index contributed by atoms with van der Waals surface area (Å²) in [6.07, 6.45) is 2.71. The molecular formula is C19H16N2OS. The second kappa shape index (κ2) is 6.05. The molecule has 1 aromatic heterocycles. The van der Waals surface area contributed by atoms with Gasteiger partial charge >= 0.3 is 0 Å². The highest BCUT2D eigenvalue weighted by atomic mass is 32.2. The highest BCUT2D eigenvalue weighted by Gasteiger charge is 2.23. The van der Waals surface area contributed by atoms with Gasteiger partial charge in [-0.05, 0) is 36.4 Å². The second-order valence-electron chi connectivity index (χ2n) is 5.50. The molecule has 2 aromatic carbocycles. The summed E-state index contributed by atoms with van der Waals surface area (Å²) in [5.74, 6) is 1.09. The Kier molecular flexibility index (Phi) is 3.75. The van der Waals surface area contributed by atoms with Crippen molar-refractivity contribution in [1.29, 1.82) is 0 Å². The smallest absolute Gasteiger partial charge is 0.259 e. The minimum Gasteiger partial charge on any atom is -0.307 e. The quantitative estimate of drug-likeness (QED) is 0.667. The Morgan fingerprint density at radius 1 is 1.04 bits per heavy atom. The van der Waals surface area contributed by atoms with Crippen molar-refractivity contribution in [2.75, 3.05) is 17.2 Å². The highest BCUT2D eigenvalue weighted by molar-refractivity contribution is 7.99. The minimum absolute atomic E-state index is 0.0542. The SMILES string of the molecule is O=C(c1ccnc2ccccc12)N1CCCSc2ccccc21. The van der Waals surface area contributed by atoms with Crippen LogP contribution in [0.3, 0.4) is 0 Å². The van der Waals surface area contributed by atoms with Gasteiger partial charge in [-0.25, -0.2) is 0 Å². The Morgan fingerprint density at radius 2 is 1.87 bits per heavy atom. The lowest BCUT2D eigenvalue weighted by molar-refractivity contribution is 0.0988. The number of pyridine rings is 1. The molecule has 0 unspecified atom stereocenters. The van der Waals surface area contributed by atoms with E-state index in [0.29, 0.717) is 0 Å². The first-order chi connectivity index (χ1) is 11.3. The van der Waals surface area contributed by atoms with E-state index in [2.05, 4.69) is 11.1 Å². The maximum Gasteiger partial charge on any atom is 0.259 e. The average molecular weight is 320 g/mol. The normalized spacial score (nSPS) is 14.3. The van der Waals surface area contributed by atoms with Crippen LogP contribution < -0.4 is 4.90 Å². The molecule has 0 bridgehead atoms. The third-order valence-corrected chi connectivity index (χ3v) is 5.21. The molecule has 0 aliphatic carbocycles. The van der Waals surface area contributed by atoms with Crippen molar-refractivity contribution >= 4 is 34.3 Å². The molecule has 0 radical (unpaired) electrons. The summed E-state index contributed by atoms with van der Waals surface area (Å²) >= 11 is 1.82. The van der Waals surface area contributed by atoms with Crippen LogP contribution in [0.4, 0.5) is 5.69 Å². The van der Waals surface area contributed by atoms with Gasteiger partial charge in [-0.1, -0.05) is 30.3 Å². The van der Waals surface area contributed by atoms with Crippen molar-refractivity contribution in [2.45, 2.75) is 11.3 Å². The number of amides is 1. The summed E-state index contributed by atoms with van der Waals surface area (Å²) in [5.41, 5.74) is 2.59. The number of benzene rings is 2. The highest BCUT2D eigenvalue weighted by Crippen LogP contribution is 2.34. The van der Waals surface area contributed by atoms with Crippen LogP contribution in [0.1, 0.15) is 16.8 Å². The summed E-state index contributed by atoms with van der Waals surface area (Å²) in [6.45, 7) is 0.750. The molecule has 4 heteroatoms. The van der Waals surface area contributed by atoms with E-state index in [9.17, 15) is 4.79 Å². The van der Waals surface area contributed by atoms with Crippen molar-refractivity contribution in [3.8, 4) is 0 Å². The van der Waals surface area contributed by atoms with Gasteiger partial charge in [0.1, 0.15) is 0 Å². The molecule has 0 saturated carbocycles. The van der Waals surface area contributed by atoms with Gasteiger partial charge in [-0.15, -0.1) is 11.8 Å². The van der Waals surface area contributed by atoms with Gasteiger partial charge < -0.3 is 4.90 Å².